The zero-order valence-electron chi connectivity index (χ0n) is 11.7. The Hall–Kier alpha value is -0.930. The van der Waals surface area contributed by atoms with E-state index in [9.17, 15) is 4.39 Å². The fraction of sp³-hybridized carbons (Fsp3) is 0.600. The number of hydrogen-bond acceptors (Lipinski definition) is 2. The molecule has 0 aliphatic heterocycles. The van der Waals surface area contributed by atoms with Crippen LogP contribution >= 0.6 is 0 Å². The number of hydrogen-bond donors (Lipinski definition) is 1. The highest BCUT2D eigenvalue weighted by Crippen LogP contribution is 2.22. The maximum Gasteiger partial charge on any atom is 0.126 e. The number of benzene rings is 1. The molecule has 1 rings (SSSR count). The highest BCUT2D eigenvalue weighted by molar-refractivity contribution is 5.20. The van der Waals surface area contributed by atoms with Gasteiger partial charge in [-0.2, -0.15) is 0 Å². The van der Waals surface area contributed by atoms with Crippen LogP contribution in [0.4, 0.5) is 4.39 Å². The summed E-state index contributed by atoms with van der Waals surface area (Å²) in [6, 6.07) is 6.97. The Bertz CT molecular complexity index is 367. The van der Waals surface area contributed by atoms with Gasteiger partial charge >= 0.3 is 0 Å². The maximum atomic E-state index is 13.8. The van der Waals surface area contributed by atoms with Gasteiger partial charge in [-0.15, -0.1) is 0 Å². The highest BCUT2D eigenvalue weighted by Gasteiger charge is 2.29. The number of likely N-dealkylation sites (N-methyl/N-ethyl adjacent to an activating group) is 1. The maximum absolute atomic E-state index is 13.8. The van der Waals surface area contributed by atoms with Crippen LogP contribution in [0, 0.1) is 5.82 Å². The molecule has 0 heterocycles. The van der Waals surface area contributed by atoms with Gasteiger partial charge in [-0.1, -0.05) is 32.0 Å². The van der Waals surface area contributed by atoms with Crippen molar-refractivity contribution in [2.24, 2.45) is 5.73 Å². The first-order valence-electron chi connectivity index (χ1n) is 6.76. The summed E-state index contributed by atoms with van der Waals surface area (Å²) in [7, 11) is 0. The fourth-order valence-corrected chi connectivity index (χ4v) is 2.44. The van der Waals surface area contributed by atoms with E-state index in [0.717, 1.165) is 25.1 Å². The minimum absolute atomic E-state index is 0.135. The van der Waals surface area contributed by atoms with E-state index in [1.54, 1.807) is 6.07 Å². The second-order valence-electron chi connectivity index (χ2n) is 5.05. The Kier molecular flexibility index (Phi) is 5.76. The lowest BCUT2D eigenvalue weighted by Gasteiger charge is -2.40. The van der Waals surface area contributed by atoms with E-state index >= 15 is 0 Å². The third-order valence-corrected chi connectivity index (χ3v) is 3.61. The standard InChI is InChI=1S/C15H25FN2/c1-4-10-18(5-2)15(3,12-17)11-13-8-6-7-9-14(13)16/h6-9H,4-5,10-12,17H2,1-3H3. The molecule has 0 saturated carbocycles. The predicted molar refractivity (Wildman–Crippen MR) is 75.1 cm³/mol. The topological polar surface area (TPSA) is 29.3 Å². The van der Waals surface area contributed by atoms with Crippen molar-refractivity contribution in [2.75, 3.05) is 19.6 Å². The Labute approximate surface area is 110 Å². The molecule has 0 bridgehead atoms. The van der Waals surface area contributed by atoms with Crippen LogP contribution in [0.2, 0.25) is 0 Å². The largest absolute Gasteiger partial charge is 0.329 e. The molecule has 0 aliphatic carbocycles. The summed E-state index contributed by atoms with van der Waals surface area (Å²) in [5.41, 5.74) is 6.52. The highest BCUT2D eigenvalue weighted by atomic mass is 19.1. The van der Waals surface area contributed by atoms with Crippen molar-refractivity contribution in [3.8, 4) is 0 Å². The minimum Gasteiger partial charge on any atom is -0.329 e. The molecule has 0 fully saturated rings. The summed E-state index contributed by atoms with van der Waals surface area (Å²) in [5.74, 6) is -0.135. The Morgan fingerprint density at radius 1 is 1.28 bits per heavy atom. The van der Waals surface area contributed by atoms with Gasteiger partial charge in [0.15, 0.2) is 0 Å². The molecule has 2 nitrogen and oxygen atoms in total. The van der Waals surface area contributed by atoms with Crippen molar-refractivity contribution in [2.45, 2.75) is 39.2 Å². The quantitative estimate of drug-likeness (QED) is 0.808. The molecule has 0 aromatic heterocycles. The zero-order valence-corrected chi connectivity index (χ0v) is 11.7. The van der Waals surface area contributed by atoms with E-state index in [0.29, 0.717) is 13.0 Å². The summed E-state index contributed by atoms with van der Waals surface area (Å²) < 4.78 is 13.8. The van der Waals surface area contributed by atoms with Crippen LogP contribution in [-0.4, -0.2) is 30.1 Å². The van der Waals surface area contributed by atoms with Gasteiger partial charge in [0.2, 0.25) is 0 Å². The molecular weight excluding hydrogens is 227 g/mol. The van der Waals surface area contributed by atoms with E-state index in [2.05, 4.69) is 25.7 Å². The summed E-state index contributed by atoms with van der Waals surface area (Å²) >= 11 is 0. The molecule has 1 aromatic rings. The molecule has 0 radical (unpaired) electrons. The number of halogens is 1. The van der Waals surface area contributed by atoms with Crippen molar-refractivity contribution >= 4 is 0 Å². The summed E-state index contributed by atoms with van der Waals surface area (Å²) in [6.07, 6.45) is 1.74. The first-order valence-corrected chi connectivity index (χ1v) is 6.76. The normalized spacial score (nSPS) is 14.8. The molecular formula is C15H25FN2. The molecule has 2 N–H and O–H groups in total. The third-order valence-electron chi connectivity index (χ3n) is 3.61. The van der Waals surface area contributed by atoms with E-state index < -0.39 is 0 Å². The van der Waals surface area contributed by atoms with Crippen LogP contribution in [0.15, 0.2) is 24.3 Å². The van der Waals surface area contributed by atoms with Gasteiger partial charge in [-0.05, 0) is 44.5 Å². The van der Waals surface area contributed by atoms with Crippen LogP contribution in [0.5, 0.6) is 0 Å². The van der Waals surface area contributed by atoms with Crippen molar-refractivity contribution in [1.29, 1.82) is 0 Å². The molecule has 0 saturated heterocycles. The number of nitrogens with two attached hydrogens (primary N) is 1. The summed E-state index contributed by atoms with van der Waals surface area (Å²) in [4.78, 5) is 2.35. The van der Waals surface area contributed by atoms with Crippen molar-refractivity contribution in [3.63, 3.8) is 0 Å². The molecule has 18 heavy (non-hydrogen) atoms. The molecule has 0 amide bonds. The second kappa shape index (κ2) is 6.86. The van der Waals surface area contributed by atoms with E-state index in [1.165, 1.54) is 6.07 Å². The monoisotopic (exact) mass is 252 g/mol. The van der Waals surface area contributed by atoms with Crippen molar-refractivity contribution in [1.82, 2.24) is 4.90 Å². The van der Waals surface area contributed by atoms with Crippen LogP contribution in [-0.2, 0) is 6.42 Å². The van der Waals surface area contributed by atoms with Crippen LogP contribution in [0.25, 0.3) is 0 Å². The number of rotatable bonds is 7. The van der Waals surface area contributed by atoms with E-state index in [-0.39, 0.29) is 11.4 Å². The van der Waals surface area contributed by atoms with Crippen LogP contribution < -0.4 is 5.73 Å². The first kappa shape index (κ1) is 15.1. The van der Waals surface area contributed by atoms with Gasteiger partial charge in [-0.25, -0.2) is 4.39 Å². The van der Waals surface area contributed by atoms with Crippen LogP contribution in [0.3, 0.4) is 0 Å². The SMILES string of the molecule is CCCN(CC)C(C)(CN)Cc1ccccc1F. The summed E-state index contributed by atoms with van der Waals surface area (Å²) in [6.45, 7) is 8.88. The molecule has 1 aromatic carbocycles. The average Bonchev–Trinajstić information content (AvgIpc) is 2.38. The van der Waals surface area contributed by atoms with E-state index in [4.69, 9.17) is 5.73 Å². The Morgan fingerprint density at radius 2 is 1.94 bits per heavy atom. The molecule has 0 spiro atoms. The van der Waals surface area contributed by atoms with Crippen LogP contribution in [0.1, 0.15) is 32.8 Å². The van der Waals surface area contributed by atoms with Gasteiger partial charge < -0.3 is 5.73 Å². The molecule has 102 valence electrons. The number of nitrogens with zero attached hydrogens (tertiary/aromatic N) is 1. The zero-order chi connectivity index (χ0) is 13.6. The van der Waals surface area contributed by atoms with Gasteiger partial charge in [0.1, 0.15) is 5.82 Å². The van der Waals surface area contributed by atoms with Gasteiger partial charge in [0, 0.05) is 12.1 Å². The lowest BCUT2D eigenvalue weighted by atomic mass is 9.90. The van der Waals surface area contributed by atoms with Crippen molar-refractivity contribution < 1.29 is 4.39 Å². The van der Waals surface area contributed by atoms with Crippen molar-refractivity contribution in [3.05, 3.63) is 35.6 Å². The third kappa shape index (κ3) is 3.53. The molecule has 3 heteroatoms. The smallest absolute Gasteiger partial charge is 0.126 e. The molecule has 0 aliphatic rings. The second-order valence-corrected chi connectivity index (χ2v) is 5.05. The lowest BCUT2D eigenvalue weighted by molar-refractivity contribution is 0.116. The molecule has 1 atom stereocenters. The predicted octanol–water partition coefficient (Wildman–Crippen LogP) is 2.82. The first-order chi connectivity index (χ1) is 8.57. The fourth-order valence-electron chi connectivity index (χ4n) is 2.44. The van der Waals surface area contributed by atoms with Gasteiger partial charge in [-0.3, -0.25) is 4.90 Å². The van der Waals surface area contributed by atoms with Gasteiger partial charge in [0.25, 0.3) is 0 Å². The Balaban J connectivity index is 2.91. The summed E-state index contributed by atoms with van der Waals surface area (Å²) in [5, 5.41) is 0. The average molecular weight is 252 g/mol. The van der Waals surface area contributed by atoms with Gasteiger partial charge in [0.05, 0.1) is 0 Å². The minimum atomic E-state index is -0.174. The molecule has 1 unspecified atom stereocenters. The Morgan fingerprint density at radius 3 is 2.44 bits per heavy atom. The van der Waals surface area contributed by atoms with E-state index in [1.807, 2.05) is 12.1 Å². The lowest BCUT2D eigenvalue weighted by Crippen LogP contribution is -2.53.